The molecule has 1 aromatic rings. The number of nitrogens with zero attached hydrogens (tertiary/aromatic N) is 1. The number of halogens is 1. The normalized spacial score (nSPS) is 20.1. The van der Waals surface area contributed by atoms with Gasteiger partial charge < -0.3 is 11.1 Å². The molecule has 2 rings (SSSR count). The van der Waals surface area contributed by atoms with Crippen LogP contribution in [0.15, 0.2) is 28.7 Å². The molecule has 1 saturated heterocycles. The van der Waals surface area contributed by atoms with Crippen molar-refractivity contribution >= 4 is 15.9 Å². The predicted octanol–water partition coefficient (Wildman–Crippen LogP) is 1.31. The molecule has 0 spiro atoms. The summed E-state index contributed by atoms with van der Waals surface area (Å²) >= 11 is 3.43. The second-order valence-corrected chi connectivity index (χ2v) is 4.70. The Morgan fingerprint density at radius 2 is 1.80 bits per heavy atom. The first-order valence-electron chi connectivity index (χ1n) is 5.23. The van der Waals surface area contributed by atoms with Crippen molar-refractivity contribution in [3.63, 3.8) is 0 Å². The van der Waals surface area contributed by atoms with E-state index >= 15 is 0 Å². The van der Waals surface area contributed by atoms with Gasteiger partial charge in [0.2, 0.25) is 0 Å². The van der Waals surface area contributed by atoms with E-state index in [0.717, 1.165) is 30.7 Å². The maximum Gasteiger partial charge on any atom is 0.0836 e. The van der Waals surface area contributed by atoms with Gasteiger partial charge in [-0.2, -0.15) is 0 Å². The van der Waals surface area contributed by atoms with Gasteiger partial charge in [-0.15, -0.1) is 0 Å². The quantitative estimate of drug-likeness (QED) is 0.851. The van der Waals surface area contributed by atoms with Gasteiger partial charge in [-0.3, -0.25) is 4.90 Å². The average Bonchev–Trinajstić information content (AvgIpc) is 2.30. The molecule has 1 aliphatic rings. The Hall–Kier alpha value is -0.420. The molecule has 1 atom stereocenters. The number of nitrogens with two attached hydrogens (primary N) is 1. The molecule has 0 aliphatic carbocycles. The van der Waals surface area contributed by atoms with E-state index in [-0.39, 0.29) is 6.17 Å². The largest absolute Gasteiger partial charge is 0.314 e. The van der Waals surface area contributed by atoms with Crippen LogP contribution in [0.25, 0.3) is 0 Å². The lowest BCUT2D eigenvalue weighted by molar-refractivity contribution is 0.177. The van der Waals surface area contributed by atoms with Crippen LogP contribution in [0.1, 0.15) is 11.7 Å². The van der Waals surface area contributed by atoms with Gasteiger partial charge in [0.15, 0.2) is 0 Å². The summed E-state index contributed by atoms with van der Waals surface area (Å²) in [6.45, 7) is 4.11. The summed E-state index contributed by atoms with van der Waals surface area (Å²) in [6, 6.07) is 8.24. The zero-order chi connectivity index (χ0) is 10.7. The minimum absolute atomic E-state index is 0.0280. The minimum atomic E-state index is 0.0280. The van der Waals surface area contributed by atoms with Crippen LogP contribution in [0.3, 0.4) is 0 Å². The Labute approximate surface area is 98.8 Å². The van der Waals surface area contributed by atoms with Gasteiger partial charge in [-0.1, -0.05) is 28.1 Å². The molecule has 3 N–H and O–H groups in total. The first kappa shape index (κ1) is 11.1. The zero-order valence-electron chi connectivity index (χ0n) is 8.62. The van der Waals surface area contributed by atoms with E-state index in [1.807, 2.05) is 12.1 Å². The summed E-state index contributed by atoms with van der Waals surface area (Å²) in [5.41, 5.74) is 7.38. The molecule has 1 heterocycles. The van der Waals surface area contributed by atoms with Crippen LogP contribution in [0.2, 0.25) is 0 Å². The molecule has 1 unspecified atom stereocenters. The number of rotatable bonds is 2. The van der Waals surface area contributed by atoms with Crippen molar-refractivity contribution in [2.75, 3.05) is 26.2 Å². The smallest absolute Gasteiger partial charge is 0.0836 e. The highest BCUT2D eigenvalue weighted by Crippen LogP contribution is 2.18. The Morgan fingerprint density at radius 3 is 2.40 bits per heavy atom. The van der Waals surface area contributed by atoms with Gasteiger partial charge in [0, 0.05) is 30.7 Å². The van der Waals surface area contributed by atoms with E-state index in [0.29, 0.717) is 0 Å². The van der Waals surface area contributed by atoms with Crippen molar-refractivity contribution < 1.29 is 0 Å². The fraction of sp³-hybridized carbons (Fsp3) is 0.455. The van der Waals surface area contributed by atoms with Crippen LogP contribution in [0, 0.1) is 0 Å². The highest BCUT2D eigenvalue weighted by atomic mass is 79.9. The molecule has 3 nitrogen and oxygen atoms in total. The zero-order valence-corrected chi connectivity index (χ0v) is 10.2. The van der Waals surface area contributed by atoms with E-state index in [2.05, 4.69) is 38.3 Å². The van der Waals surface area contributed by atoms with Gasteiger partial charge in [-0.05, 0) is 17.7 Å². The van der Waals surface area contributed by atoms with E-state index in [4.69, 9.17) is 5.73 Å². The third-order valence-electron chi connectivity index (χ3n) is 2.76. The molecule has 0 radical (unpaired) electrons. The molecule has 1 aromatic carbocycles. The number of benzene rings is 1. The second-order valence-electron chi connectivity index (χ2n) is 3.78. The topological polar surface area (TPSA) is 41.3 Å². The van der Waals surface area contributed by atoms with Crippen LogP contribution in [-0.4, -0.2) is 31.1 Å². The average molecular weight is 270 g/mol. The molecule has 0 aromatic heterocycles. The molecule has 82 valence electrons. The van der Waals surface area contributed by atoms with E-state index < -0.39 is 0 Å². The van der Waals surface area contributed by atoms with E-state index in [1.165, 1.54) is 5.56 Å². The van der Waals surface area contributed by atoms with Crippen molar-refractivity contribution in [1.29, 1.82) is 0 Å². The monoisotopic (exact) mass is 269 g/mol. The Balaban J connectivity index is 2.05. The summed E-state index contributed by atoms with van der Waals surface area (Å²) < 4.78 is 1.10. The molecule has 4 heteroatoms. The Bertz CT molecular complexity index is 306. The first-order valence-corrected chi connectivity index (χ1v) is 6.02. The summed E-state index contributed by atoms with van der Waals surface area (Å²) in [5.74, 6) is 0. The highest BCUT2D eigenvalue weighted by molar-refractivity contribution is 9.10. The predicted molar refractivity (Wildman–Crippen MR) is 65.5 cm³/mol. The maximum atomic E-state index is 6.20. The van der Waals surface area contributed by atoms with Gasteiger partial charge in [0.25, 0.3) is 0 Å². The summed E-state index contributed by atoms with van der Waals surface area (Å²) in [4.78, 5) is 2.31. The molecular formula is C11H16BrN3. The van der Waals surface area contributed by atoms with E-state index in [1.54, 1.807) is 0 Å². The van der Waals surface area contributed by atoms with Crippen molar-refractivity contribution in [3.05, 3.63) is 34.3 Å². The second kappa shape index (κ2) is 5.07. The number of hydrogen-bond acceptors (Lipinski definition) is 3. The van der Waals surface area contributed by atoms with Crippen LogP contribution in [0.4, 0.5) is 0 Å². The SMILES string of the molecule is NC(c1ccc(Br)cc1)N1CCNCC1. The molecular weight excluding hydrogens is 254 g/mol. The molecule has 1 aliphatic heterocycles. The van der Waals surface area contributed by atoms with E-state index in [9.17, 15) is 0 Å². The lowest BCUT2D eigenvalue weighted by Crippen LogP contribution is -2.47. The van der Waals surface area contributed by atoms with Gasteiger partial charge in [-0.25, -0.2) is 0 Å². The first-order chi connectivity index (χ1) is 7.27. The summed E-state index contributed by atoms with van der Waals surface area (Å²) in [6.07, 6.45) is 0.0280. The third kappa shape index (κ3) is 2.78. The lowest BCUT2D eigenvalue weighted by atomic mass is 10.1. The van der Waals surface area contributed by atoms with Crippen LogP contribution >= 0.6 is 15.9 Å². The van der Waals surface area contributed by atoms with Gasteiger partial charge in [0.1, 0.15) is 0 Å². The molecule has 0 saturated carbocycles. The molecule has 0 bridgehead atoms. The van der Waals surface area contributed by atoms with Crippen molar-refractivity contribution in [3.8, 4) is 0 Å². The van der Waals surface area contributed by atoms with Crippen LogP contribution in [-0.2, 0) is 0 Å². The molecule has 0 amide bonds. The standard InChI is InChI=1S/C11H16BrN3/c12-10-3-1-9(2-4-10)11(13)15-7-5-14-6-8-15/h1-4,11,14H,5-8,13H2. The number of hydrogen-bond donors (Lipinski definition) is 2. The maximum absolute atomic E-state index is 6.20. The van der Waals surface area contributed by atoms with Crippen molar-refractivity contribution in [1.82, 2.24) is 10.2 Å². The fourth-order valence-electron chi connectivity index (χ4n) is 1.83. The highest BCUT2D eigenvalue weighted by Gasteiger charge is 2.17. The summed E-state index contributed by atoms with van der Waals surface area (Å²) in [5, 5.41) is 3.33. The van der Waals surface area contributed by atoms with Gasteiger partial charge in [0.05, 0.1) is 6.17 Å². The fourth-order valence-corrected chi connectivity index (χ4v) is 2.10. The number of piperazine rings is 1. The molecule has 15 heavy (non-hydrogen) atoms. The lowest BCUT2D eigenvalue weighted by Gasteiger charge is -2.32. The van der Waals surface area contributed by atoms with Gasteiger partial charge >= 0.3 is 0 Å². The summed E-state index contributed by atoms with van der Waals surface area (Å²) in [7, 11) is 0. The van der Waals surface area contributed by atoms with Crippen molar-refractivity contribution in [2.24, 2.45) is 5.73 Å². The molecule has 1 fully saturated rings. The Kier molecular flexibility index (Phi) is 3.75. The van der Waals surface area contributed by atoms with Crippen LogP contribution in [0.5, 0.6) is 0 Å². The Morgan fingerprint density at radius 1 is 1.20 bits per heavy atom. The van der Waals surface area contributed by atoms with Crippen molar-refractivity contribution in [2.45, 2.75) is 6.17 Å². The minimum Gasteiger partial charge on any atom is -0.314 e. The van der Waals surface area contributed by atoms with Crippen LogP contribution < -0.4 is 11.1 Å². The third-order valence-corrected chi connectivity index (χ3v) is 3.29. The number of nitrogens with one attached hydrogen (secondary N) is 1.